The second-order valence-corrected chi connectivity index (χ2v) is 5.44. The lowest BCUT2D eigenvalue weighted by atomic mass is 10.2. The Balaban J connectivity index is 1.47. The van der Waals surface area contributed by atoms with Crippen LogP contribution in [0.1, 0.15) is 24.8 Å². The first-order valence-electron chi connectivity index (χ1n) is 8.33. The van der Waals surface area contributed by atoms with Crippen molar-refractivity contribution in [2.45, 2.75) is 26.3 Å². The second kappa shape index (κ2) is 8.70. The number of carbonyl (C=O) groups is 1. The Morgan fingerprint density at radius 2 is 2.15 bits per heavy atom. The smallest absolute Gasteiger partial charge is 0.227 e. The molecule has 0 saturated carbocycles. The number of hydrogen-bond acceptors (Lipinski definition) is 7. The maximum atomic E-state index is 12.0. The lowest BCUT2D eigenvalue weighted by Crippen LogP contribution is -2.23. The van der Waals surface area contributed by atoms with E-state index in [9.17, 15) is 4.79 Å². The topological polar surface area (TPSA) is 103 Å². The summed E-state index contributed by atoms with van der Waals surface area (Å²) in [7, 11) is 0. The fourth-order valence-corrected chi connectivity index (χ4v) is 2.25. The molecule has 0 aromatic carbocycles. The maximum absolute atomic E-state index is 12.0. The number of nitrogens with zero attached hydrogens (tertiary/aromatic N) is 4. The fraction of sp³-hybridized carbons (Fsp3) is 0.278. The van der Waals surface area contributed by atoms with Crippen LogP contribution in [0.25, 0.3) is 11.5 Å². The van der Waals surface area contributed by atoms with Crippen molar-refractivity contribution in [3.8, 4) is 17.4 Å². The molecule has 0 aliphatic carbocycles. The summed E-state index contributed by atoms with van der Waals surface area (Å²) in [5.74, 6) is 1.27. The predicted molar refractivity (Wildman–Crippen MR) is 93.1 cm³/mol. The molecule has 8 nitrogen and oxygen atoms in total. The van der Waals surface area contributed by atoms with Crippen LogP contribution in [0.3, 0.4) is 0 Å². The molecule has 0 saturated heterocycles. The summed E-state index contributed by atoms with van der Waals surface area (Å²) < 4.78 is 10.5. The third kappa shape index (κ3) is 4.85. The van der Waals surface area contributed by atoms with E-state index in [2.05, 4.69) is 25.4 Å². The van der Waals surface area contributed by atoms with Crippen LogP contribution in [0, 0.1) is 0 Å². The first-order valence-corrected chi connectivity index (χ1v) is 8.33. The van der Waals surface area contributed by atoms with Gasteiger partial charge in [0.25, 0.3) is 0 Å². The van der Waals surface area contributed by atoms with Crippen molar-refractivity contribution < 1.29 is 14.1 Å². The number of rotatable bonds is 8. The van der Waals surface area contributed by atoms with E-state index in [1.54, 1.807) is 24.5 Å². The van der Waals surface area contributed by atoms with E-state index in [1.807, 2.05) is 25.1 Å². The normalized spacial score (nSPS) is 10.5. The van der Waals surface area contributed by atoms with Crippen LogP contribution in [0.5, 0.6) is 5.88 Å². The van der Waals surface area contributed by atoms with Gasteiger partial charge in [-0.3, -0.25) is 9.78 Å². The van der Waals surface area contributed by atoms with E-state index in [-0.39, 0.29) is 12.3 Å². The summed E-state index contributed by atoms with van der Waals surface area (Å²) in [6, 6.07) is 9.10. The Morgan fingerprint density at radius 3 is 2.96 bits per heavy atom. The highest BCUT2D eigenvalue weighted by Crippen LogP contribution is 2.13. The summed E-state index contributed by atoms with van der Waals surface area (Å²) >= 11 is 0. The lowest BCUT2D eigenvalue weighted by Gasteiger charge is -2.06. The van der Waals surface area contributed by atoms with Crippen LogP contribution in [0.2, 0.25) is 0 Å². The molecular formula is C18H19N5O3. The standard InChI is InChI=1S/C18H19N5O3/c1-2-25-17-11-13(8-10-20-17)12-21-15(24)6-7-16-22-18(23-26-16)14-5-3-4-9-19-14/h3-5,8-11H,2,6-7,12H2,1H3,(H,21,24). The molecule has 0 fully saturated rings. The summed E-state index contributed by atoms with van der Waals surface area (Å²) in [4.78, 5) is 24.5. The number of pyridine rings is 2. The molecular weight excluding hydrogens is 334 g/mol. The number of nitrogens with one attached hydrogen (secondary N) is 1. The van der Waals surface area contributed by atoms with Crippen LogP contribution in [0.15, 0.2) is 47.2 Å². The van der Waals surface area contributed by atoms with Crippen molar-refractivity contribution in [3.63, 3.8) is 0 Å². The highest BCUT2D eigenvalue weighted by molar-refractivity contribution is 5.76. The van der Waals surface area contributed by atoms with Crippen molar-refractivity contribution >= 4 is 5.91 Å². The summed E-state index contributed by atoms with van der Waals surface area (Å²) in [6.07, 6.45) is 3.94. The molecule has 3 aromatic heterocycles. The Kier molecular flexibility index (Phi) is 5.87. The van der Waals surface area contributed by atoms with Gasteiger partial charge in [0.05, 0.1) is 6.61 Å². The summed E-state index contributed by atoms with van der Waals surface area (Å²) in [6.45, 7) is 2.85. The first-order chi connectivity index (χ1) is 12.7. The molecule has 1 amide bonds. The Labute approximate surface area is 150 Å². The molecule has 8 heteroatoms. The third-order valence-corrected chi connectivity index (χ3v) is 3.51. The SMILES string of the molecule is CCOc1cc(CNC(=O)CCc2nc(-c3ccccn3)no2)ccn1. The van der Waals surface area contributed by atoms with E-state index in [0.29, 0.717) is 42.9 Å². The van der Waals surface area contributed by atoms with E-state index >= 15 is 0 Å². The van der Waals surface area contributed by atoms with Gasteiger partial charge in [-0.2, -0.15) is 4.98 Å². The predicted octanol–water partition coefficient (Wildman–Crippen LogP) is 2.17. The first kappa shape index (κ1) is 17.5. The van der Waals surface area contributed by atoms with Gasteiger partial charge in [-0.1, -0.05) is 11.2 Å². The maximum Gasteiger partial charge on any atom is 0.227 e. The minimum atomic E-state index is -0.0997. The number of hydrogen-bond donors (Lipinski definition) is 1. The largest absolute Gasteiger partial charge is 0.478 e. The fourth-order valence-electron chi connectivity index (χ4n) is 2.25. The number of aryl methyl sites for hydroxylation is 1. The average Bonchev–Trinajstić information content (AvgIpc) is 3.15. The van der Waals surface area contributed by atoms with E-state index in [0.717, 1.165) is 5.56 Å². The molecule has 1 N–H and O–H groups in total. The summed E-state index contributed by atoms with van der Waals surface area (Å²) in [5, 5.41) is 6.74. The Morgan fingerprint density at radius 1 is 1.23 bits per heavy atom. The number of carbonyl (C=O) groups excluding carboxylic acids is 1. The molecule has 0 aliphatic rings. The van der Waals surface area contributed by atoms with E-state index < -0.39 is 0 Å². The van der Waals surface area contributed by atoms with Crippen molar-refractivity contribution in [2.24, 2.45) is 0 Å². The number of aromatic nitrogens is 4. The molecule has 134 valence electrons. The van der Waals surface area contributed by atoms with Crippen LogP contribution in [0.4, 0.5) is 0 Å². The van der Waals surface area contributed by atoms with Crippen LogP contribution >= 0.6 is 0 Å². The van der Waals surface area contributed by atoms with Gasteiger partial charge in [-0.15, -0.1) is 0 Å². The Bertz CT molecular complexity index is 851. The van der Waals surface area contributed by atoms with Gasteiger partial charge < -0.3 is 14.6 Å². The highest BCUT2D eigenvalue weighted by Gasteiger charge is 2.11. The zero-order valence-electron chi connectivity index (χ0n) is 14.4. The zero-order valence-corrected chi connectivity index (χ0v) is 14.4. The number of ether oxygens (including phenoxy) is 1. The second-order valence-electron chi connectivity index (χ2n) is 5.44. The molecule has 0 spiro atoms. The summed E-state index contributed by atoms with van der Waals surface area (Å²) in [5.41, 5.74) is 1.56. The van der Waals surface area contributed by atoms with Gasteiger partial charge in [0.15, 0.2) is 0 Å². The Hall–Kier alpha value is -3.29. The van der Waals surface area contributed by atoms with E-state index in [4.69, 9.17) is 9.26 Å². The van der Waals surface area contributed by atoms with Gasteiger partial charge in [0, 0.05) is 37.8 Å². The lowest BCUT2D eigenvalue weighted by molar-refractivity contribution is -0.121. The quantitative estimate of drug-likeness (QED) is 0.662. The van der Waals surface area contributed by atoms with Crippen LogP contribution < -0.4 is 10.1 Å². The molecule has 0 aliphatic heterocycles. The minimum Gasteiger partial charge on any atom is -0.478 e. The van der Waals surface area contributed by atoms with Gasteiger partial charge in [0.1, 0.15) is 5.69 Å². The van der Waals surface area contributed by atoms with Crippen molar-refractivity contribution in [3.05, 3.63) is 54.2 Å². The third-order valence-electron chi connectivity index (χ3n) is 3.51. The van der Waals surface area contributed by atoms with Crippen LogP contribution in [-0.4, -0.2) is 32.6 Å². The number of amides is 1. The van der Waals surface area contributed by atoms with Gasteiger partial charge >= 0.3 is 0 Å². The van der Waals surface area contributed by atoms with Crippen molar-refractivity contribution in [1.82, 2.24) is 25.4 Å². The minimum absolute atomic E-state index is 0.0997. The van der Waals surface area contributed by atoms with Gasteiger partial charge in [0.2, 0.25) is 23.5 Å². The molecule has 0 radical (unpaired) electrons. The monoisotopic (exact) mass is 353 g/mol. The average molecular weight is 353 g/mol. The van der Waals surface area contributed by atoms with Gasteiger partial charge in [-0.05, 0) is 30.7 Å². The van der Waals surface area contributed by atoms with E-state index in [1.165, 1.54) is 0 Å². The van der Waals surface area contributed by atoms with Crippen molar-refractivity contribution in [1.29, 1.82) is 0 Å². The highest BCUT2D eigenvalue weighted by atomic mass is 16.5. The van der Waals surface area contributed by atoms with Crippen LogP contribution in [-0.2, 0) is 17.8 Å². The van der Waals surface area contributed by atoms with Gasteiger partial charge in [-0.25, -0.2) is 4.98 Å². The molecule has 3 heterocycles. The molecule has 3 aromatic rings. The molecule has 0 bridgehead atoms. The molecule has 26 heavy (non-hydrogen) atoms. The molecule has 3 rings (SSSR count). The molecule has 0 atom stereocenters. The molecule has 0 unspecified atom stereocenters. The van der Waals surface area contributed by atoms with Crippen molar-refractivity contribution in [2.75, 3.05) is 6.61 Å². The zero-order chi connectivity index (χ0) is 18.2.